The second-order valence-corrected chi connectivity index (χ2v) is 10.2. The zero-order chi connectivity index (χ0) is 25.9. The molecule has 2 heterocycles. The van der Waals surface area contributed by atoms with Gasteiger partial charge in [0.1, 0.15) is 5.82 Å². The van der Waals surface area contributed by atoms with Crippen LogP contribution in [0.25, 0.3) is 0 Å². The van der Waals surface area contributed by atoms with Crippen molar-refractivity contribution in [3.05, 3.63) is 76.7 Å². The molecule has 2 amide bonds. The Kier molecular flexibility index (Phi) is 7.02. The predicted molar refractivity (Wildman–Crippen MR) is 140 cm³/mol. The van der Waals surface area contributed by atoms with Gasteiger partial charge in [0.25, 0.3) is 11.8 Å². The number of hydrogen-bond donors (Lipinski definition) is 3. The molecule has 0 spiro atoms. The lowest BCUT2D eigenvalue weighted by molar-refractivity contribution is 0.101. The summed E-state index contributed by atoms with van der Waals surface area (Å²) < 4.78 is 0. The Bertz CT molecular complexity index is 1330. The van der Waals surface area contributed by atoms with E-state index in [0.29, 0.717) is 33.8 Å². The summed E-state index contributed by atoms with van der Waals surface area (Å²) in [6.45, 7) is 8.71. The Morgan fingerprint density at radius 2 is 1.72 bits per heavy atom. The molecule has 1 saturated carbocycles. The first kappa shape index (κ1) is 24.9. The highest BCUT2D eigenvalue weighted by Gasteiger charge is 2.21. The molecule has 3 aromatic rings. The van der Waals surface area contributed by atoms with Crippen molar-refractivity contribution < 1.29 is 9.59 Å². The number of rotatable bonds is 7. The van der Waals surface area contributed by atoms with Crippen molar-refractivity contribution in [2.45, 2.75) is 46.0 Å². The third-order valence-corrected chi connectivity index (χ3v) is 6.07. The lowest BCUT2D eigenvalue weighted by Crippen LogP contribution is -2.18. The predicted octanol–water partition coefficient (Wildman–Crippen LogP) is 5.28. The molecular weight excluding hydrogens is 452 g/mol. The lowest BCUT2D eigenvalue weighted by Gasteiger charge is -2.20. The van der Waals surface area contributed by atoms with E-state index < -0.39 is 0 Å². The van der Waals surface area contributed by atoms with Crippen molar-refractivity contribution in [1.82, 2.24) is 9.97 Å². The van der Waals surface area contributed by atoms with Crippen molar-refractivity contribution in [1.29, 1.82) is 5.26 Å². The molecule has 0 saturated heterocycles. The summed E-state index contributed by atoms with van der Waals surface area (Å²) in [5.74, 6) is 0.786. The van der Waals surface area contributed by atoms with Gasteiger partial charge in [0.15, 0.2) is 0 Å². The molecule has 8 heteroatoms. The molecule has 1 fully saturated rings. The van der Waals surface area contributed by atoms with E-state index in [0.717, 1.165) is 23.8 Å². The van der Waals surface area contributed by atoms with Crippen molar-refractivity contribution >= 4 is 29.0 Å². The van der Waals surface area contributed by atoms with Gasteiger partial charge in [-0.2, -0.15) is 5.26 Å². The van der Waals surface area contributed by atoms with E-state index in [-0.39, 0.29) is 17.2 Å². The minimum absolute atomic E-state index is 0.223. The molecule has 8 nitrogen and oxygen atoms in total. The molecule has 1 aromatic carbocycles. The molecule has 0 aliphatic heterocycles. The molecule has 4 rings (SSSR count). The van der Waals surface area contributed by atoms with Crippen LogP contribution < -0.4 is 16.0 Å². The van der Waals surface area contributed by atoms with Gasteiger partial charge in [0, 0.05) is 12.1 Å². The standard InChI is InChI=1S/C28H30N6O2/c1-17-24(27(36)33-22-7-8-25(32-15-22)31-14-18-5-6-18)12-23(16-30-17)34-26(35)20-9-19(13-29)10-21(11-20)28(2,3)4/h7-12,15-16,18H,5-6,14H2,1-4H3,(H,31,32)(H,33,36)(H,34,35). The maximum atomic E-state index is 13.0. The first-order valence-electron chi connectivity index (χ1n) is 12.0. The highest BCUT2D eigenvalue weighted by atomic mass is 16.2. The van der Waals surface area contributed by atoms with Crippen LogP contribution in [0.5, 0.6) is 0 Å². The molecule has 1 aliphatic carbocycles. The van der Waals surface area contributed by atoms with Crippen LogP contribution >= 0.6 is 0 Å². The second kappa shape index (κ2) is 10.2. The summed E-state index contributed by atoms with van der Waals surface area (Å²) in [5, 5.41) is 18.3. The quantitative estimate of drug-likeness (QED) is 0.421. The second-order valence-electron chi connectivity index (χ2n) is 10.2. The third kappa shape index (κ3) is 6.25. The van der Waals surface area contributed by atoms with E-state index in [2.05, 4.69) is 32.0 Å². The highest BCUT2D eigenvalue weighted by Crippen LogP contribution is 2.29. The number of anilines is 3. The number of benzene rings is 1. The zero-order valence-corrected chi connectivity index (χ0v) is 21.0. The number of pyridine rings is 2. The smallest absolute Gasteiger partial charge is 0.257 e. The number of aromatic nitrogens is 2. The molecule has 184 valence electrons. The first-order valence-corrected chi connectivity index (χ1v) is 12.0. The average molecular weight is 483 g/mol. The number of hydrogen-bond acceptors (Lipinski definition) is 6. The fourth-order valence-electron chi connectivity index (χ4n) is 3.63. The van der Waals surface area contributed by atoms with E-state index in [4.69, 9.17) is 0 Å². The maximum absolute atomic E-state index is 13.0. The van der Waals surface area contributed by atoms with Crippen LogP contribution in [0.4, 0.5) is 17.2 Å². The monoisotopic (exact) mass is 482 g/mol. The van der Waals surface area contributed by atoms with Crippen LogP contribution in [-0.2, 0) is 5.41 Å². The Hall–Kier alpha value is -4.25. The molecule has 0 atom stereocenters. The van der Waals surface area contributed by atoms with Crippen LogP contribution in [0.15, 0.2) is 48.8 Å². The van der Waals surface area contributed by atoms with Gasteiger partial charge in [0.2, 0.25) is 0 Å². The average Bonchev–Trinajstić information content (AvgIpc) is 3.68. The van der Waals surface area contributed by atoms with Gasteiger partial charge in [-0.15, -0.1) is 0 Å². The van der Waals surface area contributed by atoms with Crippen LogP contribution in [0.3, 0.4) is 0 Å². The van der Waals surface area contributed by atoms with Crippen LogP contribution in [0.1, 0.15) is 71.1 Å². The van der Waals surface area contributed by atoms with Gasteiger partial charge < -0.3 is 16.0 Å². The van der Waals surface area contributed by atoms with E-state index in [1.54, 1.807) is 43.5 Å². The van der Waals surface area contributed by atoms with Gasteiger partial charge in [-0.05, 0) is 73.1 Å². The molecule has 36 heavy (non-hydrogen) atoms. The van der Waals surface area contributed by atoms with Crippen molar-refractivity contribution in [3.63, 3.8) is 0 Å². The van der Waals surface area contributed by atoms with Crippen molar-refractivity contribution in [3.8, 4) is 6.07 Å². The van der Waals surface area contributed by atoms with E-state index in [1.165, 1.54) is 19.0 Å². The van der Waals surface area contributed by atoms with Crippen LogP contribution in [0, 0.1) is 24.2 Å². The third-order valence-electron chi connectivity index (χ3n) is 6.07. The van der Waals surface area contributed by atoms with E-state index in [9.17, 15) is 14.9 Å². The molecule has 0 bridgehead atoms. The van der Waals surface area contributed by atoms with Gasteiger partial charge >= 0.3 is 0 Å². The lowest BCUT2D eigenvalue weighted by atomic mass is 9.85. The number of nitrogens with zero attached hydrogens (tertiary/aromatic N) is 3. The first-order chi connectivity index (χ1) is 17.1. The SMILES string of the molecule is Cc1ncc(NC(=O)c2cc(C#N)cc(C(C)(C)C)c2)cc1C(=O)Nc1ccc(NCC2CC2)nc1. The van der Waals surface area contributed by atoms with Crippen molar-refractivity contribution in [2.24, 2.45) is 5.92 Å². The largest absolute Gasteiger partial charge is 0.370 e. The molecule has 0 radical (unpaired) electrons. The minimum atomic E-state index is -0.381. The Morgan fingerprint density at radius 1 is 1.00 bits per heavy atom. The highest BCUT2D eigenvalue weighted by molar-refractivity contribution is 6.07. The Balaban J connectivity index is 1.47. The van der Waals surface area contributed by atoms with E-state index >= 15 is 0 Å². The van der Waals surface area contributed by atoms with Gasteiger partial charge in [-0.1, -0.05) is 20.8 Å². The minimum Gasteiger partial charge on any atom is -0.370 e. The Morgan fingerprint density at radius 3 is 2.36 bits per heavy atom. The van der Waals surface area contributed by atoms with Gasteiger partial charge in [-0.25, -0.2) is 4.98 Å². The number of aryl methyl sites for hydroxylation is 1. The summed E-state index contributed by atoms with van der Waals surface area (Å²) in [6, 6.07) is 12.5. The van der Waals surface area contributed by atoms with Crippen molar-refractivity contribution in [2.75, 3.05) is 22.5 Å². The number of amides is 2. The number of carbonyl (C=O) groups is 2. The molecule has 2 aromatic heterocycles. The summed E-state index contributed by atoms with van der Waals surface area (Å²) >= 11 is 0. The molecular formula is C28H30N6O2. The number of nitrogens with one attached hydrogen (secondary N) is 3. The number of nitriles is 1. The van der Waals surface area contributed by atoms with Gasteiger partial charge in [0.05, 0.1) is 46.7 Å². The summed E-state index contributed by atoms with van der Waals surface area (Å²) in [5.41, 5.74) is 3.26. The Labute approximate surface area is 211 Å². The molecule has 0 unspecified atom stereocenters. The summed E-state index contributed by atoms with van der Waals surface area (Å²) in [6.07, 6.45) is 5.64. The van der Waals surface area contributed by atoms with Crippen LogP contribution in [-0.4, -0.2) is 28.3 Å². The summed E-state index contributed by atoms with van der Waals surface area (Å²) in [7, 11) is 0. The normalized spacial score (nSPS) is 13.0. The topological polar surface area (TPSA) is 120 Å². The molecule has 1 aliphatic rings. The van der Waals surface area contributed by atoms with Gasteiger partial charge in [-0.3, -0.25) is 14.6 Å². The maximum Gasteiger partial charge on any atom is 0.257 e. The fourth-order valence-corrected chi connectivity index (χ4v) is 3.63. The molecule has 3 N–H and O–H groups in total. The summed E-state index contributed by atoms with van der Waals surface area (Å²) in [4.78, 5) is 34.6. The van der Waals surface area contributed by atoms with E-state index in [1.807, 2.05) is 26.8 Å². The zero-order valence-electron chi connectivity index (χ0n) is 21.0. The fraction of sp³-hybridized carbons (Fsp3) is 0.321. The number of carbonyl (C=O) groups excluding carboxylic acids is 2. The van der Waals surface area contributed by atoms with Crippen LogP contribution in [0.2, 0.25) is 0 Å².